The van der Waals surface area contributed by atoms with Gasteiger partial charge in [0.2, 0.25) is 0 Å². The minimum atomic E-state index is -0.181. The van der Waals surface area contributed by atoms with Gasteiger partial charge in [0.1, 0.15) is 22.3 Å². The van der Waals surface area contributed by atoms with Gasteiger partial charge in [0.25, 0.3) is 0 Å². The Bertz CT molecular complexity index is 3750. The summed E-state index contributed by atoms with van der Waals surface area (Å²) in [5, 5.41) is 6.81. The molecular formula is C57H37NO2S. The predicted molar refractivity (Wildman–Crippen MR) is 257 cm³/mol. The van der Waals surface area contributed by atoms with Crippen molar-refractivity contribution in [1.29, 1.82) is 0 Å². The summed E-state index contributed by atoms with van der Waals surface area (Å²) in [6, 6.07) is 68.1. The first-order chi connectivity index (χ1) is 30.0. The number of hydrogen-bond donors (Lipinski definition) is 0. The smallest absolute Gasteiger partial charge is 0.145 e. The van der Waals surface area contributed by atoms with Crippen LogP contribution in [0.25, 0.3) is 97.4 Å². The van der Waals surface area contributed by atoms with Crippen LogP contribution in [0.4, 0.5) is 17.1 Å². The summed E-state index contributed by atoms with van der Waals surface area (Å²) in [6.45, 7) is 4.72. The quantitative estimate of drug-likeness (QED) is 0.174. The maximum absolute atomic E-state index is 7.25. The van der Waals surface area contributed by atoms with Crippen LogP contribution in [0.1, 0.15) is 25.0 Å². The number of fused-ring (bicyclic) bond motifs is 13. The molecule has 3 aromatic heterocycles. The summed E-state index contributed by atoms with van der Waals surface area (Å²) in [4.78, 5) is 2.48. The highest BCUT2D eigenvalue weighted by atomic mass is 32.1. The maximum Gasteiger partial charge on any atom is 0.145 e. The highest BCUT2D eigenvalue weighted by molar-refractivity contribution is 7.26. The molecule has 0 amide bonds. The first kappa shape index (κ1) is 34.5. The number of nitrogens with zero attached hydrogens (tertiary/aromatic N) is 1. The Kier molecular flexibility index (Phi) is 7.23. The SMILES string of the molecule is CC1(C)c2ccccc2-c2ccc(N(c3ccccc3-c3ccccc3)c3ccc4c(oc5ccc6oc7ccccc7c6c54)c3-c3cccc4c3sc3ccccc34)cc21. The molecule has 0 atom stereocenters. The summed E-state index contributed by atoms with van der Waals surface area (Å²) < 4.78 is 16.2. The monoisotopic (exact) mass is 799 g/mol. The Balaban J connectivity index is 1.18. The summed E-state index contributed by atoms with van der Waals surface area (Å²) >= 11 is 1.85. The highest BCUT2D eigenvalue weighted by Gasteiger charge is 2.36. The third-order valence-corrected chi connectivity index (χ3v) is 14.3. The van der Waals surface area contributed by atoms with Crippen LogP contribution in [0.15, 0.2) is 197 Å². The number of anilines is 3. The second-order valence-corrected chi connectivity index (χ2v) is 17.8. The molecule has 0 saturated heterocycles. The second-order valence-electron chi connectivity index (χ2n) is 16.7. The standard InChI is InChI=1S/C57H37NO2S/c1-57(2)44-23-10-6-18-37(44)38-28-27-35(33-45(38)57)58(46-24-11-7-17-36(46)34-15-4-3-5-16-34)47-30-29-42-54-50(32-31-49-53(54)41-20-8-12-25-48(41)59-49)60-55(42)52(47)43-22-14-21-40-39-19-9-13-26-51(39)61-56(40)43/h3-33H,1-2H3. The van der Waals surface area contributed by atoms with Crippen molar-refractivity contribution in [3.05, 3.63) is 199 Å². The molecule has 0 N–H and O–H groups in total. The number of thiophene rings is 1. The van der Waals surface area contributed by atoms with Crippen LogP contribution in [-0.2, 0) is 5.41 Å². The summed E-state index contributed by atoms with van der Waals surface area (Å²) in [6.07, 6.45) is 0. The van der Waals surface area contributed by atoms with Crippen molar-refractivity contribution >= 4 is 92.4 Å². The third-order valence-electron chi connectivity index (χ3n) is 13.1. The molecule has 3 nitrogen and oxygen atoms in total. The van der Waals surface area contributed by atoms with Crippen molar-refractivity contribution in [2.75, 3.05) is 4.90 Å². The van der Waals surface area contributed by atoms with Crippen molar-refractivity contribution in [3.63, 3.8) is 0 Å². The summed E-state index contributed by atoms with van der Waals surface area (Å²) in [7, 11) is 0. The minimum absolute atomic E-state index is 0.181. The van der Waals surface area contributed by atoms with Crippen LogP contribution >= 0.6 is 11.3 Å². The first-order valence-corrected chi connectivity index (χ1v) is 21.7. The lowest BCUT2D eigenvalue weighted by Crippen LogP contribution is -2.17. The molecule has 13 rings (SSSR count). The number of benzene rings is 9. The van der Waals surface area contributed by atoms with Gasteiger partial charge in [-0.25, -0.2) is 0 Å². The molecule has 12 aromatic rings. The number of furan rings is 2. The van der Waals surface area contributed by atoms with Crippen LogP contribution < -0.4 is 4.90 Å². The van der Waals surface area contributed by atoms with Gasteiger partial charge >= 0.3 is 0 Å². The van der Waals surface area contributed by atoms with Crippen molar-refractivity contribution in [2.24, 2.45) is 0 Å². The molecular weight excluding hydrogens is 763 g/mol. The van der Waals surface area contributed by atoms with Gasteiger partial charge in [0, 0.05) is 63.9 Å². The van der Waals surface area contributed by atoms with E-state index >= 15 is 0 Å². The maximum atomic E-state index is 7.25. The van der Waals surface area contributed by atoms with Gasteiger partial charge in [-0.05, 0) is 82.4 Å². The summed E-state index contributed by atoms with van der Waals surface area (Å²) in [5.41, 5.74) is 16.2. The van der Waals surface area contributed by atoms with Crippen molar-refractivity contribution < 1.29 is 8.83 Å². The molecule has 1 aliphatic carbocycles. The molecule has 1 aliphatic rings. The van der Waals surface area contributed by atoms with Crippen LogP contribution in [0.2, 0.25) is 0 Å². The van der Waals surface area contributed by atoms with Gasteiger partial charge in [-0.2, -0.15) is 0 Å². The van der Waals surface area contributed by atoms with Gasteiger partial charge < -0.3 is 13.7 Å². The zero-order chi connectivity index (χ0) is 40.4. The van der Waals surface area contributed by atoms with Gasteiger partial charge in [-0.1, -0.05) is 147 Å². The van der Waals surface area contributed by atoms with E-state index in [9.17, 15) is 0 Å². The second kappa shape index (κ2) is 12.8. The van der Waals surface area contributed by atoms with Crippen molar-refractivity contribution in [1.82, 2.24) is 0 Å². The lowest BCUT2D eigenvalue weighted by molar-refractivity contribution is 0.660. The van der Waals surface area contributed by atoms with E-state index < -0.39 is 0 Å². The Hall–Kier alpha value is -7.40. The molecule has 0 unspecified atom stereocenters. The van der Waals surface area contributed by atoms with Crippen LogP contribution in [0, 0.1) is 0 Å². The van der Waals surface area contributed by atoms with E-state index in [2.05, 4.69) is 195 Å². The molecule has 0 fully saturated rings. The first-order valence-electron chi connectivity index (χ1n) is 20.9. The third kappa shape index (κ3) is 4.91. The molecule has 0 spiro atoms. The van der Waals surface area contributed by atoms with Gasteiger partial charge in [0.05, 0.1) is 16.9 Å². The normalized spacial score (nSPS) is 13.2. The molecule has 9 aromatic carbocycles. The average molecular weight is 800 g/mol. The zero-order valence-electron chi connectivity index (χ0n) is 33.6. The molecule has 3 heterocycles. The van der Waals surface area contributed by atoms with Crippen LogP contribution in [0.3, 0.4) is 0 Å². The van der Waals surface area contributed by atoms with Crippen molar-refractivity contribution in [2.45, 2.75) is 19.3 Å². The largest absolute Gasteiger partial charge is 0.456 e. The lowest BCUT2D eigenvalue weighted by atomic mass is 9.82. The highest BCUT2D eigenvalue weighted by Crippen LogP contribution is 2.55. The van der Waals surface area contributed by atoms with Crippen LogP contribution in [0.5, 0.6) is 0 Å². The Morgan fingerprint density at radius 2 is 1.11 bits per heavy atom. The van der Waals surface area contributed by atoms with Gasteiger partial charge in [-0.3, -0.25) is 0 Å². The Labute approximate surface area is 356 Å². The minimum Gasteiger partial charge on any atom is -0.456 e. The average Bonchev–Trinajstić information content (AvgIpc) is 4.05. The van der Waals surface area contributed by atoms with E-state index in [0.29, 0.717) is 0 Å². The molecule has 0 bridgehead atoms. The van der Waals surface area contributed by atoms with Gasteiger partial charge in [-0.15, -0.1) is 11.3 Å². The topological polar surface area (TPSA) is 29.5 Å². The number of hydrogen-bond acceptors (Lipinski definition) is 4. The van der Waals surface area contributed by atoms with E-state index in [1.54, 1.807) is 0 Å². The molecule has 288 valence electrons. The number of rotatable bonds is 5. The molecule has 4 heteroatoms. The Morgan fingerprint density at radius 3 is 2.00 bits per heavy atom. The summed E-state index contributed by atoms with van der Waals surface area (Å²) in [5.74, 6) is 0. The van der Waals surface area contributed by atoms with Crippen molar-refractivity contribution in [3.8, 4) is 33.4 Å². The fourth-order valence-corrected chi connectivity index (χ4v) is 11.5. The van der Waals surface area contributed by atoms with E-state index in [4.69, 9.17) is 8.83 Å². The fraction of sp³-hybridized carbons (Fsp3) is 0.0526. The van der Waals surface area contributed by atoms with E-state index in [0.717, 1.165) is 83.2 Å². The molecule has 0 aliphatic heterocycles. The lowest BCUT2D eigenvalue weighted by Gasteiger charge is -2.31. The van der Waals surface area contributed by atoms with Gasteiger partial charge in [0.15, 0.2) is 0 Å². The molecule has 61 heavy (non-hydrogen) atoms. The predicted octanol–water partition coefficient (Wildman–Crippen LogP) is 17.0. The Morgan fingerprint density at radius 1 is 0.443 bits per heavy atom. The molecule has 0 saturated carbocycles. The van der Waals surface area contributed by atoms with E-state index in [1.165, 1.54) is 42.4 Å². The fourth-order valence-electron chi connectivity index (χ4n) is 10.3. The van der Waals surface area contributed by atoms with Crippen LogP contribution in [-0.4, -0.2) is 0 Å². The number of para-hydroxylation sites is 2. The molecule has 0 radical (unpaired) electrons. The van der Waals surface area contributed by atoms with E-state index in [-0.39, 0.29) is 5.41 Å². The van der Waals surface area contributed by atoms with E-state index in [1.807, 2.05) is 23.5 Å². The zero-order valence-corrected chi connectivity index (χ0v) is 34.4.